The maximum Gasteiger partial charge on any atom is 0.227 e. The summed E-state index contributed by atoms with van der Waals surface area (Å²) in [7, 11) is 0. The van der Waals surface area contributed by atoms with Gasteiger partial charge >= 0.3 is 0 Å². The van der Waals surface area contributed by atoms with Crippen LogP contribution in [0.25, 0.3) is 10.9 Å². The lowest BCUT2D eigenvalue weighted by molar-refractivity contribution is 0.0941. The molecule has 2 rings (SSSR count). The fourth-order valence-electron chi connectivity index (χ4n) is 1.98. The molecule has 1 atom stereocenters. The molecule has 92 valence electrons. The summed E-state index contributed by atoms with van der Waals surface area (Å²) in [4.78, 5) is 11.5. The van der Waals surface area contributed by atoms with Gasteiger partial charge in [0.1, 0.15) is 0 Å². The van der Waals surface area contributed by atoms with Crippen LogP contribution in [-0.4, -0.2) is 10.5 Å². The van der Waals surface area contributed by atoms with Gasteiger partial charge in [0.25, 0.3) is 0 Å². The van der Waals surface area contributed by atoms with Gasteiger partial charge in [0.05, 0.1) is 5.52 Å². The number of hydrogen-bond acceptors (Lipinski definition) is 2. The summed E-state index contributed by atoms with van der Waals surface area (Å²) in [5.41, 5.74) is 8.04. The number of hydrogen-bond donors (Lipinski definition) is 1. The summed E-state index contributed by atoms with van der Waals surface area (Å²) < 4.78 is 1.67. The highest BCUT2D eigenvalue weighted by molar-refractivity contribution is 5.93. The van der Waals surface area contributed by atoms with E-state index in [1.807, 2.05) is 37.4 Å². The highest BCUT2D eigenvalue weighted by atomic mass is 35.5. The zero-order valence-electron chi connectivity index (χ0n) is 10.0. The Morgan fingerprint density at radius 3 is 2.65 bits per heavy atom. The fraction of sp³-hybridized carbons (Fsp3) is 0.308. The first-order valence-corrected chi connectivity index (χ1v) is 5.51. The number of para-hydroxylation sites is 1. The Hall–Kier alpha value is -1.32. The molecule has 1 heterocycles. The number of nitrogens with zero attached hydrogens (tertiary/aromatic N) is 1. The number of carbonyl (C=O) groups is 1. The number of aromatic nitrogens is 1. The van der Waals surface area contributed by atoms with Gasteiger partial charge in [0, 0.05) is 24.5 Å². The third-order valence-corrected chi connectivity index (χ3v) is 2.92. The van der Waals surface area contributed by atoms with Crippen LogP contribution in [-0.2, 0) is 0 Å². The molecule has 0 saturated carbocycles. The van der Waals surface area contributed by atoms with Crippen LogP contribution in [0.2, 0.25) is 0 Å². The van der Waals surface area contributed by atoms with Crippen LogP contribution in [0.15, 0.2) is 30.5 Å². The van der Waals surface area contributed by atoms with E-state index in [0.29, 0.717) is 0 Å². The van der Waals surface area contributed by atoms with Crippen LogP contribution in [0.5, 0.6) is 0 Å². The first-order valence-electron chi connectivity index (χ1n) is 5.51. The lowest BCUT2D eigenvalue weighted by Gasteiger charge is -2.06. The molecule has 0 aliphatic rings. The van der Waals surface area contributed by atoms with Crippen molar-refractivity contribution in [2.75, 3.05) is 0 Å². The summed E-state index contributed by atoms with van der Waals surface area (Å²) in [5.74, 6) is 0.0192. The first-order chi connectivity index (χ1) is 7.65. The number of benzene rings is 1. The van der Waals surface area contributed by atoms with Crippen molar-refractivity contribution in [3.8, 4) is 0 Å². The molecule has 17 heavy (non-hydrogen) atoms. The van der Waals surface area contributed by atoms with Crippen LogP contribution in [0.4, 0.5) is 0 Å². The van der Waals surface area contributed by atoms with Gasteiger partial charge in [0.2, 0.25) is 5.91 Å². The molecule has 4 heteroatoms. The van der Waals surface area contributed by atoms with Crippen molar-refractivity contribution < 1.29 is 4.79 Å². The molecule has 2 N–H and O–H groups in total. The van der Waals surface area contributed by atoms with Gasteiger partial charge in [-0.1, -0.05) is 25.1 Å². The van der Waals surface area contributed by atoms with Gasteiger partial charge in [-0.3, -0.25) is 9.36 Å². The number of nitrogens with two attached hydrogens (primary N) is 1. The van der Waals surface area contributed by atoms with Crippen LogP contribution >= 0.6 is 12.4 Å². The predicted octanol–water partition coefficient (Wildman–Crippen LogP) is 3.13. The highest BCUT2D eigenvalue weighted by Crippen LogP contribution is 2.26. The average molecular weight is 253 g/mol. The molecule has 0 radical (unpaired) electrons. The molecule has 0 spiro atoms. The van der Waals surface area contributed by atoms with E-state index in [1.165, 1.54) is 0 Å². The summed E-state index contributed by atoms with van der Waals surface area (Å²) in [6.45, 7) is 3.61. The first kappa shape index (κ1) is 13.7. The number of fused-ring (bicyclic) bond motifs is 1. The van der Waals surface area contributed by atoms with E-state index in [2.05, 4.69) is 0 Å². The van der Waals surface area contributed by atoms with Gasteiger partial charge in [-0.2, -0.15) is 0 Å². The Morgan fingerprint density at radius 2 is 2.06 bits per heavy atom. The second-order valence-corrected chi connectivity index (χ2v) is 4.01. The van der Waals surface area contributed by atoms with Gasteiger partial charge < -0.3 is 5.73 Å². The molecule has 0 bridgehead atoms. The van der Waals surface area contributed by atoms with E-state index < -0.39 is 0 Å². The van der Waals surface area contributed by atoms with Crippen molar-refractivity contribution in [3.63, 3.8) is 0 Å². The molecule has 0 unspecified atom stereocenters. The van der Waals surface area contributed by atoms with Gasteiger partial charge in [-0.25, -0.2) is 0 Å². The summed E-state index contributed by atoms with van der Waals surface area (Å²) in [6.07, 6.45) is 2.73. The minimum absolute atomic E-state index is 0. The summed E-state index contributed by atoms with van der Waals surface area (Å²) >= 11 is 0. The Morgan fingerprint density at radius 1 is 1.41 bits per heavy atom. The van der Waals surface area contributed by atoms with Gasteiger partial charge in [0.15, 0.2) is 0 Å². The molecular formula is C13H17ClN2O. The summed E-state index contributed by atoms with van der Waals surface area (Å²) in [5, 5.41) is 1.08. The van der Waals surface area contributed by atoms with Crippen molar-refractivity contribution in [2.24, 2.45) is 5.73 Å². The minimum Gasteiger partial charge on any atom is -0.324 e. The Balaban J connectivity index is 0.00000144. The molecule has 1 aromatic heterocycles. The maximum atomic E-state index is 11.5. The second-order valence-electron chi connectivity index (χ2n) is 4.01. The standard InChI is InChI=1S/C13H16N2O.ClH/c1-3-12(14)11-8-15(9(2)16)13-7-5-4-6-10(11)13;/h4-8,12H,3,14H2,1-2H3;1H/t12-;/m1./s1. The Bertz CT molecular complexity index is 533. The Kier molecular flexibility index (Phi) is 4.32. The Labute approximate surface area is 107 Å². The minimum atomic E-state index is -0.00880. The van der Waals surface area contributed by atoms with E-state index in [9.17, 15) is 4.79 Å². The lowest BCUT2D eigenvalue weighted by Crippen LogP contribution is -2.08. The van der Waals surface area contributed by atoms with Crippen molar-refractivity contribution in [2.45, 2.75) is 26.3 Å². The third kappa shape index (κ3) is 2.35. The summed E-state index contributed by atoms with van der Waals surface area (Å²) in [6, 6.07) is 7.86. The molecular weight excluding hydrogens is 236 g/mol. The van der Waals surface area contributed by atoms with Crippen LogP contribution in [0.3, 0.4) is 0 Å². The molecule has 2 aromatic rings. The third-order valence-electron chi connectivity index (χ3n) is 2.92. The quantitative estimate of drug-likeness (QED) is 0.893. The number of halogens is 1. The van der Waals surface area contributed by atoms with Crippen molar-refractivity contribution >= 4 is 29.2 Å². The largest absolute Gasteiger partial charge is 0.324 e. The zero-order chi connectivity index (χ0) is 11.7. The molecule has 3 nitrogen and oxygen atoms in total. The van der Waals surface area contributed by atoms with Crippen LogP contribution < -0.4 is 5.73 Å². The van der Waals surface area contributed by atoms with Gasteiger partial charge in [-0.15, -0.1) is 12.4 Å². The van der Waals surface area contributed by atoms with Crippen molar-refractivity contribution in [3.05, 3.63) is 36.0 Å². The molecule has 0 aliphatic carbocycles. The van der Waals surface area contributed by atoms with Gasteiger partial charge in [-0.05, 0) is 18.1 Å². The molecule has 0 fully saturated rings. The molecule has 0 aliphatic heterocycles. The van der Waals surface area contributed by atoms with E-state index in [-0.39, 0.29) is 24.4 Å². The van der Waals surface area contributed by atoms with Crippen molar-refractivity contribution in [1.82, 2.24) is 4.57 Å². The monoisotopic (exact) mass is 252 g/mol. The SMILES string of the molecule is CC[C@@H](N)c1cn(C(C)=O)c2ccccc12.Cl. The predicted molar refractivity (Wildman–Crippen MR) is 72.7 cm³/mol. The molecule has 0 saturated heterocycles. The normalized spacial score (nSPS) is 12.2. The number of carbonyl (C=O) groups excluding carboxylic acids is 1. The average Bonchev–Trinajstić information content (AvgIpc) is 2.67. The lowest BCUT2D eigenvalue weighted by atomic mass is 10.1. The zero-order valence-corrected chi connectivity index (χ0v) is 10.8. The van der Waals surface area contributed by atoms with Crippen molar-refractivity contribution in [1.29, 1.82) is 0 Å². The van der Waals surface area contributed by atoms with E-state index in [1.54, 1.807) is 11.5 Å². The van der Waals surface area contributed by atoms with E-state index in [0.717, 1.165) is 22.9 Å². The number of rotatable bonds is 2. The highest BCUT2D eigenvalue weighted by Gasteiger charge is 2.14. The van der Waals surface area contributed by atoms with E-state index >= 15 is 0 Å². The van der Waals surface area contributed by atoms with Crippen LogP contribution in [0, 0.1) is 0 Å². The van der Waals surface area contributed by atoms with E-state index in [4.69, 9.17) is 5.73 Å². The molecule has 0 amide bonds. The molecule has 1 aromatic carbocycles. The fourth-order valence-corrected chi connectivity index (χ4v) is 1.98. The maximum absolute atomic E-state index is 11.5. The second kappa shape index (κ2) is 5.34. The topological polar surface area (TPSA) is 48.0 Å². The smallest absolute Gasteiger partial charge is 0.227 e. The van der Waals surface area contributed by atoms with Crippen LogP contribution in [0.1, 0.15) is 36.7 Å².